The summed E-state index contributed by atoms with van der Waals surface area (Å²) in [4.78, 5) is 0. The highest BCUT2D eigenvalue weighted by atomic mass is 16.5. The molecular weight excluding hydrogens is 198 g/mol. The molecule has 1 rings (SSSR count). The molecule has 0 aromatic heterocycles. The molecule has 2 nitrogen and oxygen atoms in total. The van der Waals surface area contributed by atoms with Crippen LogP contribution in [0.2, 0.25) is 0 Å². The van der Waals surface area contributed by atoms with E-state index in [1.54, 1.807) is 7.11 Å². The molecule has 2 heteroatoms. The third kappa shape index (κ3) is 4.17. The highest BCUT2D eigenvalue weighted by Gasteiger charge is 1.96. The first-order chi connectivity index (χ1) is 7.80. The predicted octanol–water partition coefficient (Wildman–Crippen LogP) is 2.85. The average Bonchev–Trinajstić information content (AvgIpc) is 2.29. The van der Waals surface area contributed by atoms with Gasteiger partial charge in [-0.2, -0.15) is 0 Å². The lowest BCUT2D eigenvalue weighted by Gasteiger charge is -2.05. The van der Waals surface area contributed by atoms with E-state index in [1.807, 2.05) is 7.05 Å². The Morgan fingerprint density at radius 3 is 2.88 bits per heavy atom. The van der Waals surface area contributed by atoms with E-state index in [-0.39, 0.29) is 0 Å². The number of hydrogen-bond acceptors (Lipinski definition) is 2. The van der Waals surface area contributed by atoms with Crippen LogP contribution in [0.3, 0.4) is 0 Å². The molecule has 16 heavy (non-hydrogen) atoms. The standard InChI is InChI=1S/C14H21NO/c1-4-12(10-15-2)8-13-6-5-7-14(9-13)11-16-3/h5-9,15H,4,10-11H2,1-3H3. The highest BCUT2D eigenvalue weighted by molar-refractivity contribution is 5.54. The first-order valence-electron chi connectivity index (χ1n) is 5.72. The quantitative estimate of drug-likeness (QED) is 0.794. The first-order valence-corrected chi connectivity index (χ1v) is 5.72. The maximum atomic E-state index is 5.13. The van der Waals surface area contributed by atoms with E-state index in [2.05, 4.69) is 42.6 Å². The van der Waals surface area contributed by atoms with Gasteiger partial charge in [0.05, 0.1) is 6.61 Å². The summed E-state index contributed by atoms with van der Waals surface area (Å²) >= 11 is 0. The fraction of sp³-hybridized carbons (Fsp3) is 0.429. The second-order valence-electron chi connectivity index (χ2n) is 3.86. The molecule has 0 saturated heterocycles. The molecule has 0 aliphatic carbocycles. The SMILES string of the molecule is CCC(=Cc1cccc(COC)c1)CNC. The van der Waals surface area contributed by atoms with Crippen molar-refractivity contribution >= 4 is 6.08 Å². The number of rotatable bonds is 6. The van der Waals surface area contributed by atoms with Gasteiger partial charge in [-0.25, -0.2) is 0 Å². The van der Waals surface area contributed by atoms with Crippen LogP contribution in [0.15, 0.2) is 29.8 Å². The largest absolute Gasteiger partial charge is 0.380 e. The fourth-order valence-corrected chi connectivity index (χ4v) is 1.68. The van der Waals surface area contributed by atoms with E-state index in [1.165, 1.54) is 16.7 Å². The van der Waals surface area contributed by atoms with Crippen molar-refractivity contribution in [3.05, 3.63) is 41.0 Å². The number of likely N-dealkylation sites (N-methyl/N-ethyl adjacent to an activating group) is 1. The van der Waals surface area contributed by atoms with Crippen LogP contribution in [0.25, 0.3) is 6.08 Å². The zero-order valence-corrected chi connectivity index (χ0v) is 10.4. The summed E-state index contributed by atoms with van der Waals surface area (Å²) in [5, 5.41) is 3.19. The van der Waals surface area contributed by atoms with Gasteiger partial charge < -0.3 is 10.1 Å². The van der Waals surface area contributed by atoms with Crippen molar-refractivity contribution in [3.8, 4) is 0 Å². The molecule has 0 amide bonds. The molecule has 1 aromatic carbocycles. The van der Waals surface area contributed by atoms with Crippen molar-refractivity contribution in [3.63, 3.8) is 0 Å². The monoisotopic (exact) mass is 219 g/mol. The third-order valence-corrected chi connectivity index (χ3v) is 2.49. The molecule has 1 N–H and O–H groups in total. The minimum Gasteiger partial charge on any atom is -0.380 e. The lowest BCUT2D eigenvalue weighted by Crippen LogP contribution is -2.09. The number of ether oxygens (including phenoxy) is 1. The Labute approximate surface area is 98.3 Å². The molecule has 0 saturated carbocycles. The van der Waals surface area contributed by atoms with E-state index < -0.39 is 0 Å². The molecule has 0 bridgehead atoms. The van der Waals surface area contributed by atoms with E-state index in [0.717, 1.165) is 13.0 Å². The van der Waals surface area contributed by atoms with Crippen LogP contribution >= 0.6 is 0 Å². The van der Waals surface area contributed by atoms with Gasteiger partial charge >= 0.3 is 0 Å². The number of methoxy groups -OCH3 is 1. The Balaban J connectivity index is 2.82. The topological polar surface area (TPSA) is 21.3 Å². The summed E-state index contributed by atoms with van der Waals surface area (Å²) < 4.78 is 5.13. The molecule has 1 aromatic rings. The second-order valence-corrected chi connectivity index (χ2v) is 3.86. The molecule has 0 fully saturated rings. The van der Waals surface area contributed by atoms with Crippen LogP contribution in [0.1, 0.15) is 24.5 Å². The van der Waals surface area contributed by atoms with Crippen molar-refractivity contribution in [2.45, 2.75) is 20.0 Å². The maximum Gasteiger partial charge on any atom is 0.0713 e. The Morgan fingerprint density at radius 1 is 1.44 bits per heavy atom. The van der Waals surface area contributed by atoms with Crippen molar-refractivity contribution in [1.82, 2.24) is 5.32 Å². The molecule has 88 valence electrons. The minimum atomic E-state index is 0.676. The Hall–Kier alpha value is -1.12. The van der Waals surface area contributed by atoms with Gasteiger partial charge in [-0.3, -0.25) is 0 Å². The van der Waals surface area contributed by atoms with E-state index in [9.17, 15) is 0 Å². The summed E-state index contributed by atoms with van der Waals surface area (Å²) in [7, 11) is 3.70. The number of benzene rings is 1. The van der Waals surface area contributed by atoms with E-state index in [0.29, 0.717) is 6.61 Å². The van der Waals surface area contributed by atoms with Crippen LogP contribution in [0.4, 0.5) is 0 Å². The summed E-state index contributed by atoms with van der Waals surface area (Å²) in [6.45, 7) is 3.81. The molecule has 0 aliphatic heterocycles. The number of nitrogens with one attached hydrogen (secondary N) is 1. The number of hydrogen-bond donors (Lipinski definition) is 1. The molecule has 0 radical (unpaired) electrons. The maximum absolute atomic E-state index is 5.13. The molecule has 0 heterocycles. The normalized spacial score (nSPS) is 11.8. The summed E-state index contributed by atoms with van der Waals surface area (Å²) in [6, 6.07) is 8.47. The second kappa shape index (κ2) is 7.20. The Kier molecular flexibility index (Phi) is 5.83. The van der Waals surface area contributed by atoms with Crippen LogP contribution in [-0.4, -0.2) is 20.7 Å². The molecule has 0 atom stereocenters. The molecule has 0 spiro atoms. The van der Waals surface area contributed by atoms with Crippen LogP contribution < -0.4 is 5.32 Å². The van der Waals surface area contributed by atoms with Gasteiger partial charge in [-0.1, -0.05) is 36.8 Å². The van der Waals surface area contributed by atoms with E-state index in [4.69, 9.17) is 4.74 Å². The van der Waals surface area contributed by atoms with Crippen molar-refractivity contribution in [2.75, 3.05) is 20.7 Å². The van der Waals surface area contributed by atoms with Gasteiger partial charge in [0.1, 0.15) is 0 Å². The highest BCUT2D eigenvalue weighted by Crippen LogP contribution is 2.12. The minimum absolute atomic E-state index is 0.676. The fourth-order valence-electron chi connectivity index (χ4n) is 1.68. The summed E-state index contributed by atoms with van der Waals surface area (Å²) in [5.41, 5.74) is 3.88. The summed E-state index contributed by atoms with van der Waals surface area (Å²) in [6.07, 6.45) is 3.32. The summed E-state index contributed by atoms with van der Waals surface area (Å²) in [5.74, 6) is 0. The van der Waals surface area contributed by atoms with Gasteiger partial charge in [0.15, 0.2) is 0 Å². The Morgan fingerprint density at radius 2 is 2.25 bits per heavy atom. The predicted molar refractivity (Wildman–Crippen MR) is 69.3 cm³/mol. The van der Waals surface area contributed by atoms with Gasteiger partial charge in [0.25, 0.3) is 0 Å². The van der Waals surface area contributed by atoms with Gasteiger partial charge in [-0.05, 0) is 30.7 Å². The van der Waals surface area contributed by atoms with Crippen molar-refractivity contribution < 1.29 is 4.74 Å². The Bertz CT molecular complexity index is 344. The zero-order valence-electron chi connectivity index (χ0n) is 10.4. The van der Waals surface area contributed by atoms with E-state index >= 15 is 0 Å². The molecule has 0 aliphatic rings. The van der Waals surface area contributed by atoms with Crippen molar-refractivity contribution in [1.29, 1.82) is 0 Å². The van der Waals surface area contributed by atoms with Gasteiger partial charge in [0.2, 0.25) is 0 Å². The molecule has 0 unspecified atom stereocenters. The average molecular weight is 219 g/mol. The van der Waals surface area contributed by atoms with Gasteiger partial charge in [0, 0.05) is 13.7 Å². The zero-order chi connectivity index (χ0) is 11.8. The van der Waals surface area contributed by atoms with Crippen LogP contribution in [0.5, 0.6) is 0 Å². The van der Waals surface area contributed by atoms with Crippen molar-refractivity contribution in [2.24, 2.45) is 0 Å². The third-order valence-electron chi connectivity index (χ3n) is 2.49. The van der Waals surface area contributed by atoms with Crippen LogP contribution in [-0.2, 0) is 11.3 Å². The smallest absolute Gasteiger partial charge is 0.0713 e. The lowest BCUT2D eigenvalue weighted by molar-refractivity contribution is 0.185. The molecular formula is C14H21NO. The lowest BCUT2D eigenvalue weighted by atomic mass is 10.1. The van der Waals surface area contributed by atoms with Crippen LogP contribution in [0, 0.1) is 0 Å². The van der Waals surface area contributed by atoms with Gasteiger partial charge in [-0.15, -0.1) is 0 Å². The first kappa shape index (κ1) is 12.9.